The Hall–Kier alpha value is -4.56. The summed E-state index contributed by atoms with van der Waals surface area (Å²) >= 11 is 4.85. The number of anilines is 4. The zero-order valence-electron chi connectivity index (χ0n) is 105. The van der Waals surface area contributed by atoms with Crippen LogP contribution in [0, 0.1) is 5.92 Å². The van der Waals surface area contributed by atoms with E-state index >= 15 is 0 Å². The lowest BCUT2D eigenvalue weighted by Gasteiger charge is -2.30. The number of hydrogen-bond donors (Lipinski definition) is 2. The van der Waals surface area contributed by atoms with Crippen molar-refractivity contribution in [1.29, 1.82) is 0 Å². The molecule has 2 N–H and O–H groups in total. The smallest absolute Gasteiger partial charge is 0.421 e. The Balaban J connectivity index is -0.000000110. The Morgan fingerprint density at radius 3 is 0.872 bits per heavy atom. The molecule has 0 fully saturated rings. The normalized spacial score (nSPS) is 11.0. The summed E-state index contributed by atoms with van der Waals surface area (Å²) in [5.74, 6) is 1.28. The lowest BCUT2D eigenvalue weighted by molar-refractivity contribution is -0.216. The molecule has 1 atom stereocenters. The minimum atomic E-state index is -4.73. The second-order valence-electron chi connectivity index (χ2n) is 46.7. The molecule has 6 amide bonds. The van der Waals surface area contributed by atoms with Crippen LogP contribution in [0.25, 0.3) is 0 Å². The van der Waals surface area contributed by atoms with Gasteiger partial charge in [0.2, 0.25) is 35.4 Å². The Bertz CT molecular complexity index is 3900. The molecule has 0 aliphatic rings. The molecule has 0 heterocycles. The number of amides is 6. The fourth-order valence-electron chi connectivity index (χ4n) is 10.9. The summed E-state index contributed by atoms with van der Waals surface area (Å²) in [5, 5.41) is 7.14. The van der Waals surface area contributed by atoms with Crippen molar-refractivity contribution < 1.29 is 65.4 Å². The van der Waals surface area contributed by atoms with Gasteiger partial charge in [-0.2, -0.15) is 13.2 Å². The topological polar surface area (TPSA) is 186 Å². The van der Waals surface area contributed by atoms with Crippen molar-refractivity contribution in [2.75, 3.05) is 85.5 Å². The SMILES string of the molecule is C.C.CC(=O)N(C[Si](C)(C)C)c1ccccc1.CC(C)(F)C(F)(F)F.CCC.CCC(C)(C)I.CCC(C)C.CCC(C)I.CCC[Si](C)(C)CN(C(C)=O)c1ccccc1.CCC[Si](C)(C)c1cccc(N(C)C(C)=O)c1.CCN(C(C)=O)c1ccccc1.CCN(C)C(C)=O.CCNC(C)=O.CCOC(C)=O.CCOCC.CC[Si](C)(C)C.CC[Si](C)(C)O.C[Si](C)(C)C[Si](C)(C)C.C[Si](C)(C)c1ccc([Si](C)(C)C)cc1. The first-order chi connectivity index (χ1) is 66.4. The number of benzene rings is 5. The molecule has 5 rings (SSSR count). The van der Waals surface area contributed by atoms with Crippen molar-refractivity contribution in [2.45, 2.75) is 460 Å². The molecule has 5 aromatic rings. The van der Waals surface area contributed by atoms with E-state index in [4.69, 9.17) is 9.53 Å². The molecule has 0 aliphatic heterocycles. The van der Waals surface area contributed by atoms with E-state index in [1.54, 1.807) is 79.3 Å². The number of alkyl halides is 6. The lowest BCUT2D eigenvalue weighted by Crippen LogP contribution is -2.44. The van der Waals surface area contributed by atoms with E-state index < -0.39 is 84.8 Å². The Morgan fingerprint density at radius 2 is 0.718 bits per heavy atom. The van der Waals surface area contributed by atoms with Crippen LogP contribution in [0.5, 0.6) is 0 Å². The van der Waals surface area contributed by atoms with E-state index in [0.29, 0.717) is 23.9 Å². The zero-order valence-corrected chi connectivity index (χ0v) is 118. The van der Waals surface area contributed by atoms with Gasteiger partial charge in [0.1, 0.15) is 0 Å². The van der Waals surface area contributed by atoms with Gasteiger partial charge in [0.05, 0.1) is 47.0 Å². The first-order valence-electron chi connectivity index (χ1n) is 53.9. The van der Waals surface area contributed by atoms with Gasteiger partial charge < -0.3 is 44.1 Å². The molecule has 0 saturated carbocycles. The third kappa shape index (κ3) is 125. The summed E-state index contributed by atoms with van der Waals surface area (Å²) in [6.07, 6.45) is 4.61. The summed E-state index contributed by atoms with van der Waals surface area (Å²) in [4.78, 5) is 93.7. The van der Waals surface area contributed by atoms with Crippen LogP contribution in [-0.2, 0) is 43.0 Å². The number of para-hydroxylation sites is 3. The predicted molar refractivity (Wildman–Crippen MR) is 706 cm³/mol. The first kappa shape index (κ1) is 175. The maximum Gasteiger partial charge on any atom is 0.421 e. The van der Waals surface area contributed by atoms with E-state index in [9.17, 15) is 51.1 Å². The Morgan fingerprint density at radius 1 is 0.416 bits per heavy atom. The number of rotatable bonds is 28. The monoisotopic (exact) mass is 2480 g/mol. The fraction of sp³-hybridized carbons (Fsp3) is 0.686. The third-order valence-electron chi connectivity index (χ3n) is 20.9. The maximum atomic E-state index is 11.8. The van der Waals surface area contributed by atoms with Gasteiger partial charge in [0, 0.05) is 162 Å². The van der Waals surface area contributed by atoms with Gasteiger partial charge in [-0.25, -0.2) is 4.39 Å². The van der Waals surface area contributed by atoms with E-state index in [2.05, 4.69) is 332 Å². The third-order valence-corrected chi connectivity index (χ3v) is 46.9. The van der Waals surface area contributed by atoms with Gasteiger partial charge in [0.15, 0.2) is 14.0 Å². The van der Waals surface area contributed by atoms with Crippen LogP contribution in [0.1, 0.15) is 254 Å². The number of nitrogens with zero attached hydrogens (tertiary/aromatic N) is 5. The number of esters is 1. The van der Waals surface area contributed by atoms with Crippen LogP contribution >= 0.6 is 45.2 Å². The lowest BCUT2D eigenvalue weighted by atomic mass is 10.2. The van der Waals surface area contributed by atoms with E-state index in [-0.39, 0.29) is 56.3 Å². The number of ether oxygens (including phenoxy) is 2. The predicted octanol–water partition coefficient (Wildman–Crippen LogP) is 35.3. The minimum Gasteiger partial charge on any atom is -0.466 e. The molecular formula is C118H238F4I2N6O10Si9. The van der Waals surface area contributed by atoms with Crippen LogP contribution in [0.3, 0.4) is 0 Å². The molecule has 5 aromatic carbocycles. The average molecular weight is 2480 g/mol. The minimum absolute atomic E-state index is 0. The second-order valence-corrected chi connectivity index (χ2v) is 99.2. The van der Waals surface area contributed by atoms with Crippen molar-refractivity contribution in [3.63, 3.8) is 0 Å². The van der Waals surface area contributed by atoms with Gasteiger partial charge in [0.25, 0.3) is 0 Å². The summed E-state index contributed by atoms with van der Waals surface area (Å²) in [5.41, 5.74) is 2.51. The largest absolute Gasteiger partial charge is 0.466 e. The standard InChI is InChI=1S/2C14H23NOSi.C12H19NOSi.C12H22Si2.C10H13NO.C7H20Si2.C5H11I.C5H11NO.C5H14Si.C5H12.C4H6F4.C4H9I.C4H9NO.C4H8O2.C4H12OSi.C4H10O.C3H8.2CH4/c1-6-10-17(4,5)14-9-7-8-13(11-14)15(3)12(2)16;1-5-11-17(3,4)12-15(13(2)16)14-9-7-6-8-10-14;1-11(14)13(10-15(2,3)4)12-8-6-5-7-9-12;1-13(2,3)11-7-9-12(10-8-11)14(4,5)6;1-3-11(9(2)12)10-7-5-4-6-8-10;1-8(2,3)7-9(4,5)6;1-4-5(2,3)6;1-4-6(3)5(2)7;1-5-6(2,3)4;1-4-5(2)3;1-3(2,5)4(6,7)8;1-3-4(2)5;1-3-5-4(2)6;1-3-6-4(2)5;1-4-6(2,3)5;1-3-5-4-2;1-3-2;;/h7-9,11H,6,10H2,1-5H3;6-10H,5,11-12H2,1-4H3;5-9H,10H2,1-4H3;7-10H,1-6H3;4-8H,3H2,1-2H3;7H2,1-6H3;4H2,1-3H3;4H2,1-3H3;5H2,1-4H3;5H,4H2,1-3H3;1-2H3;4H,3H2,1-2H3;3H2,1-2H3,(H,5,6);3H2,1-2H3;5H,4H2,1-3H3;3-4H2,1-2H3;3H2,1-2H3;2*1H4. The molecule has 149 heavy (non-hydrogen) atoms. The number of nitrogens with one attached hydrogen (secondary N) is 1. The van der Waals surface area contributed by atoms with Crippen LogP contribution in [0.4, 0.5) is 40.3 Å². The van der Waals surface area contributed by atoms with E-state index in [1.165, 1.54) is 75.7 Å². The quantitative estimate of drug-likeness (QED) is 0.0160. The highest BCUT2D eigenvalue weighted by molar-refractivity contribution is 14.1. The average Bonchev–Trinajstić information content (AvgIpc) is 0.833. The summed E-state index contributed by atoms with van der Waals surface area (Å²) in [6.45, 7) is 115. The van der Waals surface area contributed by atoms with Crippen LogP contribution in [-0.4, -0.2) is 209 Å². The van der Waals surface area contributed by atoms with Crippen molar-refractivity contribution >= 4 is 198 Å². The van der Waals surface area contributed by atoms with Crippen molar-refractivity contribution in [2.24, 2.45) is 5.92 Å². The van der Waals surface area contributed by atoms with Gasteiger partial charge in [-0.1, -0.05) is 457 Å². The summed E-state index contributed by atoms with van der Waals surface area (Å²) in [6, 6.07) is 52.3. The second kappa shape index (κ2) is 94.6. The number of halogens is 6. The van der Waals surface area contributed by atoms with Gasteiger partial charge in [-0.05, 0) is 142 Å². The summed E-state index contributed by atoms with van der Waals surface area (Å²) < 4.78 is 55.9. The fourth-order valence-corrected chi connectivity index (χ4v) is 32.7. The van der Waals surface area contributed by atoms with Gasteiger partial charge in [-0.15, -0.1) is 0 Å². The van der Waals surface area contributed by atoms with Crippen LogP contribution in [0.15, 0.2) is 140 Å². The molecule has 0 aliphatic carbocycles. The number of carbonyl (C=O) groups excluding carboxylic acids is 7. The van der Waals surface area contributed by atoms with E-state index in [1.807, 2.05) is 169 Å². The van der Waals surface area contributed by atoms with Gasteiger partial charge >= 0.3 is 12.1 Å². The molecular weight excluding hydrogens is 2240 g/mol. The zero-order chi connectivity index (χ0) is 119. The maximum absolute atomic E-state index is 11.8. The van der Waals surface area contributed by atoms with Crippen molar-refractivity contribution in [3.8, 4) is 0 Å². The molecule has 0 aromatic heterocycles. The highest BCUT2D eigenvalue weighted by Gasteiger charge is 2.48. The molecule has 1 unspecified atom stereocenters. The van der Waals surface area contributed by atoms with Crippen LogP contribution in [0.2, 0.25) is 187 Å². The Kier molecular flexibility index (Phi) is 111. The summed E-state index contributed by atoms with van der Waals surface area (Å²) in [7, 11) is -6.21. The van der Waals surface area contributed by atoms with E-state index in [0.717, 1.165) is 83.8 Å². The number of hydrogen-bond acceptors (Lipinski definition) is 10. The van der Waals surface area contributed by atoms with Crippen molar-refractivity contribution in [1.82, 2.24) is 10.2 Å². The first-order valence-corrected chi connectivity index (χ1v) is 87.8. The highest BCUT2D eigenvalue weighted by atomic mass is 127. The van der Waals surface area contributed by atoms with Crippen LogP contribution < -0.4 is 40.5 Å². The number of carbonyl (C=O) groups is 7. The molecule has 31 heteroatoms. The van der Waals surface area contributed by atoms with Gasteiger partial charge in [-0.3, -0.25) is 33.6 Å². The molecule has 878 valence electrons. The molecule has 0 spiro atoms. The van der Waals surface area contributed by atoms with Crippen molar-refractivity contribution in [3.05, 3.63) is 140 Å². The molecule has 0 saturated heterocycles. The molecule has 16 nitrogen and oxygen atoms in total. The Labute approximate surface area is 956 Å². The molecule has 0 radical (unpaired) electrons. The highest BCUT2D eigenvalue weighted by Crippen LogP contribution is 2.33. The molecule has 0 bridgehead atoms.